The highest BCUT2D eigenvalue weighted by molar-refractivity contribution is 6.09. The fourth-order valence-electron chi connectivity index (χ4n) is 2.46. The molecule has 0 saturated heterocycles. The Bertz CT molecular complexity index is 978. The van der Waals surface area contributed by atoms with Crippen LogP contribution in [0.4, 0.5) is 18.9 Å². The fourth-order valence-corrected chi connectivity index (χ4v) is 2.46. The zero-order chi connectivity index (χ0) is 22.3. The summed E-state index contributed by atoms with van der Waals surface area (Å²) in [5.41, 5.74) is -0.737. The van der Waals surface area contributed by atoms with E-state index in [-0.39, 0.29) is 17.4 Å². The summed E-state index contributed by atoms with van der Waals surface area (Å²) in [7, 11) is 1.47. The number of nitrogens with one attached hydrogen (secondary N) is 1. The van der Waals surface area contributed by atoms with Gasteiger partial charge in [0.25, 0.3) is 5.91 Å². The summed E-state index contributed by atoms with van der Waals surface area (Å²) in [6.07, 6.45) is -2.43. The standard InChI is InChI=1S/C22H21F3N2O3/c1-4-14(2)30-19-9-8-15(11-20(19)29-3)10-16(13-26)21(28)27-18-7-5-6-17(12-18)22(23,24)25/h5-12,14H,4H2,1-3H3,(H,27,28)/b16-10-/t14-/m1/s1. The van der Waals surface area contributed by atoms with Gasteiger partial charge in [0.2, 0.25) is 0 Å². The molecule has 2 aromatic carbocycles. The number of alkyl halides is 3. The van der Waals surface area contributed by atoms with E-state index in [1.807, 2.05) is 13.8 Å². The van der Waals surface area contributed by atoms with Crippen LogP contribution in [0.1, 0.15) is 31.4 Å². The number of methoxy groups -OCH3 is 1. The maximum absolute atomic E-state index is 12.8. The van der Waals surface area contributed by atoms with Gasteiger partial charge in [-0.3, -0.25) is 4.79 Å². The first-order valence-corrected chi connectivity index (χ1v) is 9.13. The summed E-state index contributed by atoms with van der Waals surface area (Å²) in [4.78, 5) is 12.4. The van der Waals surface area contributed by atoms with Crippen molar-refractivity contribution in [3.05, 3.63) is 59.2 Å². The molecule has 0 aliphatic carbocycles. The Morgan fingerprint density at radius 2 is 1.97 bits per heavy atom. The lowest BCUT2D eigenvalue weighted by molar-refractivity contribution is -0.137. The van der Waals surface area contributed by atoms with E-state index in [1.165, 1.54) is 25.3 Å². The molecular weight excluding hydrogens is 397 g/mol. The van der Waals surface area contributed by atoms with Gasteiger partial charge in [0.15, 0.2) is 11.5 Å². The van der Waals surface area contributed by atoms with E-state index in [1.54, 1.807) is 24.3 Å². The average molecular weight is 418 g/mol. The summed E-state index contributed by atoms with van der Waals surface area (Å²) in [6, 6.07) is 10.9. The number of hydrogen-bond acceptors (Lipinski definition) is 4. The zero-order valence-corrected chi connectivity index (χ0v) is 16.7. The normalized spacial score (nSPS) is 12.6. The Labute approximate surface area is 172 Å². The van der Waals surface area contributed by atoms with Gasteiger partial charge in [-0.1, -0.05) is 19.1 Å². The molecule has 0 spiro atoms. The van der Waals surface area contributed by atoms with Crippen LogP contribution < -0.4 is 14.8 Å². The summed E-state index contributed by atoms with van der Waals surface area (Å²) >= 11 is 0. The van der Waals surface area contributed by atoms with Crippen molar-refractivity contribution in [3.8, 4) is 17.6 Å². The van der Waals surface area contributed by atoms with Crippen molar-refractivity contribution in [2.75, 3.05) is 12.4 Å². The SMILES string of the molecule is CC[C@@H](C)Oc1ccc(/C=C(/C#N)C(=O)Nc2cccc(C(F)(F)F)c2)cc1OC. The maximum atomic E-state index is 12.8. The van der Waals surface area contributed by atoms with Gasteiger partial charge in [0.1, 0.15) is 11.6 Å². The third-order valence-corrected chi connectivity index (χ3v) is 4.21. The number of benzene rings is 2. The van der Waals surface area contributed by atoms with Crippen molar-refractivity contribution >= 4 is 17.7 Å². The summed E-state index contributed by atoms with van der Waals surface area (Å²) in [6.45, 7) is 3.90. The van der Waals surface area contributed by atoms with Gasteiger partial charge >= 0.3 is 6.18 Å². The molecular formula is C22H21F3N2O3. The first kappa shape index (κ1) is 22.8. The van der Waals surface area contributed by atoms with Crippen LogP contribution in [0.2, 0.25) is 0 Å². The minimum absolute atomic E-state index is 0.0202. The predicted molar refractivity (Wildman–Crippen MR) is 107 cm³/mol. The lowest BCUT2D eigenvalue weighted by Crippen LogP contribution is -2.14. The molecule has 0 aliphatic heterocycles. The highest BCUT2D eigenvalue weighted by Gasteiger charge is 2.30. The van der Waals surface area contributed by atoms with Crippen molar-refractivity contribution in [2.24, 2.45) is 0 Å². The number of ether oxygens (including phenoxy) is 2. The Balaban J connectivity index is 2.25. The second-order valence-corrected chi connectivity index (χ2v) is 6.45. The van der Waals surface area contributed by atoms with Gasteiger partial charge in [-0.2, -0.15) is 18.4 Å². The van der Waals surface area contributed by atoms with Crippen LogP contribution in [-0.4, -0.2) is 19.1 Å². The van der Waals surface area contributed by atoms with Crippen molar-refractivity contribution < 1.29 is 27.4 Å². The summed E-state index contributed by atoms with van der Waals surface area (Å²) in [5.74, 6) is 0.131. The van der Waals surface area contributed by atoms with E-state index < -0.39 is 17.6 Å². The van der Waals surface area contributed by atoms with Crippen LogP contribution in [0.15, 0.2) is 48.0 Å². The Morgan fingerprint density at radius 3 is 2.57 bits per heavy atom. The van der Waals surface area contributed by atoms with E-state index in [9.17, 15) is 23.2 Å². The molecule has 30 heavy (non-hydrogen) atoms. The molecule has 2 aromatic rings. The third kappa shape index (κ3) is 6.01. The second kappa shape index (κ2) is 9.83. The molecule has 0 radical (unpaired) electrons. The van der Waals surface area contributed by atoms with Gasteiger partial charge in [-0.05, 0) is 55.3 Å². The lowest BCUT2D eigenvalue weighted by Gasteiger charge is -2.15. The summed E-state index contributed by atoms with van der Waals surface area (Å²) in [5, 5.41) is 11.7. The van der Waals surface area contributed by atoms with Crippen molar-refractivity contribution in [3.63, 3.8) is 0 Å². The fraction of sp³-hybridized carbons (Fsp3) is 0.273. The topological polar surface area (TPSA) is 71.3 Å². The number of anilines is 1. The number of halogens is 3. The molecule has 158 valence electrons. The lowest BCUT2D eigenvalue weighted by atomic mass is 10.1. The van der Waals surface area contributed by atoms with Gasteiger partial charge in [-0.15, -0.1) is 0 Å². The predicted octanol–water partition coefficient (Wildman–Crippen LogP) is 5.44. The zero-order valence-electron chi connectivity index (χ0n) is 16.7. The molecule has 0 fully saturated rings. The van der Waals surface area contributed by atoms with Gasteiger partial charge in [-0.25, -0.2) is 0 Å². The molecule has 1 N–H and O–H groups in total. The van der Waals surface area contributed by atoms with Crippen molar-refractivity contribution in [2.45, 2.75) is 32.5 Å². The highest BCUT2D eigenvalue weighted by atomic mass is 19.4. The molecule has 5 nitrogen and oxygen atoms in total. The molecule has 0 saturated carbocycles. The molecule has 0 unspecified atom stereocenters. The first-order valence-electron chi connectivity index (χ1n) is 9.13. The van der Waals surface area contributed by atoms with Crippen molar-refractivity contribution in [1.82, 2.24) is 0 Å². The van der Waals surface area contributed by atoms with Crippen LogP contribution in [-0.2, 0) is 11.0 Å². The molecule has 1 amide bonds. The van der Waals surface area contributed by atoms with Crippen LogP contribution in [0.25, 0.3) is 6.08 Å². The Morgan fingerprint density at radius 1 is 1.23 bits per heavy atom. The maximum Gasteiger partial charge on any atom is 0.416 e. The monoisotopic (exact) mass is 418 g/mol. The van der Waals surface area contributed by atoms with E-state index in [2.05, 4.69) is 5.32 Å². The van der Waals surface area contributed by atoms with Crippen LogP contribution in [0, 0.1) is 11.3 Å². The quantitative estimate of drug-likeness (QED) is 0.480. The minimum Gasteiger partial charge on any atom is -0.493 e. The van der Waals surface area contributed by atoms with Crippen LogP contribution >= 0.6 is 0 Å². The van der Waals surface area contributed by atoms with Gasteiger partial charge in [0.05, 0.1) is 18.8 Å². The summed E-state index contributed by atoms with van der Waals surface area (Å²) < 4.78 is 49.5. The Hall–Kier alpha value is -3.47. The number of carbonyl (C=O) groups excluding carboxylic acids is 1. The molecule has 2 rings (SSSR count). The van der Waals surface area contributed by atoms with Gasteiger partial charge < -0.3 is 14.8 Å². The smallest absolute Gasteiger partial charge is 0.416 e. The highest BCUT2D eigenvalue weighted by Crippen LogP contribution is 2.31. The van der Waals surface area contributed by atoms with Gasteiger partial charge in [0, 0.05) is 5.69 Å². The molecule has 0 aliphatic rings. The minimum atomic E-state index is -4.54. The van der Waals surface area contributed by atoms with E-state index in [4.69, 9.17) is 9.47 Å². The van der Waals surface area contributed by atoms with Crippen molar-refractivity contribution in [1.29, 1.82) is 5.26 Å². The molecule has 0 heterocycles. The largest absolute Gasteiger partial charge is 0.493 e. The average Bonchev–Trinajstić information content (AvgIpc) is 2.72. The Kier molecular flexibility index (Phi) is 7.48. The number of rotatable bonds is 7. The van der Waals surface area contributed by atoms with Crippen LogP contribution in [0.5, 0.6) is 11.5 Å². The number of hydrogen-bond donors (Lipinski definition) is 1. The van der Waals surface area contributed by atoms with E-state index in [0.29, 0.717) is 17.1 Å². The number of nitrogens with zero attached hydrogens (tertiary/aromatic N) is 1. The molecule has 0 bridgehead atoms. The second-order valence-electron chi connectivity index (χ2n) is 6.45. The van der Waals surface area contributed by atoms with E-state index >= 15 is 0 Å². The first-order chi connectivity index (χ1) is 14.2. The number of nitriles is 1. The van der Waals surface area contributed by atoms with Crippen LogP contribution in [0.3, 0.4) is 0 Å². The molecule has 0 aromatic heterocycles. The number of amides is 1. The molecule has 1 atom stereocenters. The van der Waals surface area contributed by atoms with E-state index in [0.717, 1.165) is 18.6 Å². The molecule has 8 heteroatoms. The number of carbonyl (C=O) groups is 1. The third-order valence-electron chi connectivity index (χ3n) is 4.21.